The monoisotopic (exact) mass is 498 g/mol. The second-order valence-corrected chi connectivity index (χ2v) is 10.4. The molecule has 1 unspecified atom stereocenters. The summed E-state index contributed by atoms with van der Waals surface area (Å²) in [5.41, 5.74) is 0.872. The van der Waals surface area contributed by atoms with Gasteiger partial charge in [-0.05, 0) is 55.6 Å². The Labute approximate surface area is 195 Å². The Hall–Kier alpha value is -2.22. The molecule has 6 nitrogen and oxygen atoms in total. The summed E-state index contributed by atoms with van der Waals surface area (Å²) in [6.07, 6.45) is 2.21. The van der Waals surface area contributed by atoms with Crippen molar-refractivity contribution >= 4 is 27.6 Å². The predicted octanol–water partition coefficient (Wildman–Crippen LogP) is 2.72. The molecule has 7 heteroatoms. The summed E-state index contributed by atoms with van der Waals surface area (Å²) >= 11 is 3.41. The summed E-state index contributed by atoms with van der Waals surface area (Å²) in [7, 11) is 1.96. The van der Waals surface area contributed by atoms with Gasteiger partial charge in [0, 0.05) is 47.4 Å². The zero-order valence-electron chi connectivity index (χ0n) is 18.0. The van der Waals surface area contributed by atoms with Crippen LogP contribution in [-0.4, -0.2) is 58.6 Å². The molecular formula is C25H27BrN2O4. The maximum Gasteiger partial charge on any atom is 0.255 e. The number of phenols is 1. The highest BCUT2D eigenvalue weighted by Crippen LogP contribution is 2.59. The number of aromatic hydroxyl groups is 1. The number of hydrogen-bond acceptors (Lipinski definition) is 5. The number of ketones is 1. The van der Waals surface area contributed by atoms with Crippen molar-refractivity contribution in [1.29, 1.82) is 0 Å². The summed E-state index contributed by atoms with van der Waals surface area (Å²) in [6, 6.07) is 11.4. The van der Waals surface area contributed by atoms with Crippen LogP contribution in [0.15, 0.2) is 40.9 Å². The standard InChI is InChI=1S/C25H27BrN2O4/c1-28-14-24-13-18(29)8-10-25(24,32)20(28)12-16-4-7-19(22(30)21(16)24)23(31)27-11-9-15-2-5-17(26)6-3-15/h2-7,20,30,32H,8-14H2,1H3,(H,27,31)/t20-,24?,25-/m1/s1. The molecule has 3 atom stereocenters. The van der Waals surface area contributed by atoms with Crippen molar-refractivity contribution < 1.29 is 19.8 Å². The number of aliphatic hydroxyl groups is 1. The van der Waals surface area contributed by atoms with E-state index in [1.807, 2.05) is 37.4 Å². The molecule has 2 bridgehead atoms. The highest BCUT2D eigenvalue weighted by molar-refractivity contribution is 9.10. The predicted molar refractivity (Wildman–Crippen MR) is 124 cm³/mol. The number of carbonyl (C=O) groups excluding carboxylic acids is 2. The van der Waals surface area contributed by atoms with E-state index in [-0.39, 0.29) is 35.5 Å². The van der Waals surface area contributed by atoms with Crippen molar-refractivity contribution in [2.24, 2.45) is 0 Å². The average Bonchev–Trinajstić information content (AvgIpc) is 2.87. The molecule has 1 amide bonds. The number of fused-ring (bicyclic) bond motifs is 1. The maximum atomic E-state index is 12.9. The fraction of sp³-hybridized carbons (Fsp3) is 0.440. The number of nitrogens with zero attached hydrogens (tertiary/aromatic N) is 1. The zero-order valence-corrected chi connectivity index (χ0v) is 19.6. The van der Waals surface area contributed by atoms with Crippen molar-refractivity contribution in [3.05, 3.63) is 63.1 Å². The molecule has 1 heterocycles. The van der Waals surface area contributed by atoms with Gasteiger partial charge in [-0.1, -0.05) is 34.1 Å². The summed E-state index contributed by atoms with van der Waals surface area (Å²) in [5, 5.41) is 25.9. The summed E-state index contributed by atoms with van der Waals surface area (Å²) in [4.78, 5) is 27.5. The first-order valence-electron chi connectivity index (χ1n) is 11.1. The van der Waals surface area contributed by atoms with Gasteiger partial charge in [-0.2, -0.15) is 0 Å². The molecule has 1 aliphatic heterocycles. The third-order valence-electron chi connectivity index (χ3n) is 7.73. The molecule has 0 spiro atoms. The van der Waals surface area contributed by atoms with Crippen LogP contribution < -0.4 is 5.32 Å². The minimum Gasteiger partial charge on any atom is -0.507 e. The van der Waals surface area contributed by atoms with Crippen LogP contribution in [0.1, 0.15) is 46.3 Å². The fourth-order valence-electron chi connectivity index (χ4n) is 6.23. The number of phenolic OH excluding ortho intramolecular Hbond substituents is 1. The number of carbonyl (C=O) groups is 2. The van der Waals surface area contributed by atoms with Crippen LogP contribution in [0.2, 0.25) is 0 Å². The van der Waals surface area contributed by atoms with Gasteiger partial charge < -0.3 is 15.5 Å². The normalized spacial score (nSPS) is 28.8. The lowest BCUT2D eigenvalue weighted by Crippen LogP contribution is -2.61. The lowest BCUT2D eigenvalue weighted by Gasteiger charge is -2.51. The molecule has 1 saturated heterocycles. The topological polar surface area (TPSA) is 89.9 Å². The van der Waals surface area contributed by atoms with Gasteiger partial charge >= 0.3 is 0 Å². The van der Waals surface area contributed by atoms with Gasteiger partial charge in [0.1, 0.15) is 11.5 Å². The highest BCUT2D eigenvalue weighted by atomic mass is 79.9. The van der Waals surface area contributed by atoms with Gasteiger partial charge in [0.15, 0.2) is 0 Å². The van der Waals surface area contributed by atoms with E-state index in [0.717, 1.165) is 15.6 Å². The third kappa shape index (κ3) is 3.13. The second kappa shape index (κ2) is 7.68. The largest absolute Gasteiger partial charge is 0.507 e. The molecule has 1 saturated carbocycles. The lowest BCUT2D eigenvalue weighted by atomic mass is 9.54. The van der Waals surface area contributed by atoms with E-state index >= 15 is 0 Å². The molecule has 5 rings (SSSR count). The SMILES string of the molecule is CN1CC23CC(=O)CC[C@@]2(O)[C@H]1Cc1ccc(C(=O)NCCc2ccc(Br)cc2)c(O)c13. The van der Waals surface area contributed by atoms with Gasteiger partial charge in [0.2, 0.25) is 0 Å². The molecule has 2 aliphatic carbocycles. The van der Waals surface area contributed by atoms with Crippen LogP contribution in [0, 0.1) is 0 Å². The Morgan fingerprint density at radius 2 is 2.00 bits per heavy atom. The number of halogens is 1. The molecule has 168 valence electrons. The minimum atomic E-state index is -1.07. The van der Waals surface area contributed by atoms with Gasteiger partial charge in [-0.25, -0.2) is 0 Å². The van der Waals surface area contributed by atoms with Crippen LogP contribution in [0.25, 0.3) is 0 Å². The first-order chi connectivity index (χ1) is 15.2. The Morgan fingerprint density at radius 1 is 1.25 bits per heavy atom. The highest BCUT2D eigenvalue weighted by Gasteiger charge is 2.68. The smallest absolute Gasteiger partial charge is 0.255 e. The number of amides is 1. The molecule has 2 aromatic carbocycles. The Kier molecular flexibility index (Phi) is 5.19. The van der Waals surface area contributed by atoms with E-state index in [0.29, 0.717) is 44.3 Å². The molecule has 32 heavy (non-hydrogen) atoms. The maximum absolute atomic E-state index is 12.9. The molecule has 0 aromatic heterocycles. The molecule has 2 fully saturated rings. The van der Waals surface area contributed by atoms with Gasteiger partial charge in [0.25, 0.3) is 5.91 Å². The summed E-state index contributed by atoms with van der Waals surface area (Å²) < 4.78 is 1.00. The molecule has 0 radical (unpaired) electrons. The Bertz CT molecular complexity index is 1100. The van der Waals surface area contributed by atoms with Gasteiger partial charge in [-0.3, -0.25) is 14.5 Å². The van der Waals surface area contributed by atoms with Crippen molar-refractivity contribution in [2.45, 2.75) is 49.2 Å². The van der Waals surface area contributed by atoms with Crippen molar-refractivity contribution in [2.75, 3.05) is 20.1 Å². The quantitative estimate of drug-likeness (QED) is 0.602. The Morgan fingerprint density at radius 3 is 2.75 bits per heavy atom. The number of hydrogen-bond donors (Lipinski definition) is 3. The zero-order chi connectivity index (χ0) is 22.7. The lowest BCUT2D eigenvalue weighted by molar-refractivity contribution is -0.133. The van der Waals surface area contributed by atoms with E-state index in [4.69, 9.17) is 0 Å². The number of rotatable bonds is 4. The van der Waals surface area contributed by atoms with E-state index in [9.17, 15) is 19.8 Å². The minimum absolute atomic E-state index is 0.0897. The van der Waals surface area contributed by atoms with Crippen molar-refractivity contribution in [1.82, 2.24) is 10.2 Å². The van der Waals surface area contributed by atoms with E-state index in [1.165, 1.54) is 0 Å². The number of Topliss-reactive ketones (excluding diaryl/α,β-unsaturated/α-hetero) is 1. The van der Waals surface area contributed by atoms with Gasteiger partial charge in [0.05, 0.1) is 11.2 Å². The number of likely N-dealkylation sites (N-methyl/N-ethyl adjacent to an activating group) is 1. The van der Waals surface area contributed by atoms with Crippen LogP contribution >= 0.6 is 15.9 Å². The molecule has 2 aromatic rings. The van der Waals surface area contributed by atoms with Crippen LogP contribution in [0.3, 0.4) is 0 Å². The molecule has 3 N–H and O–H groups in total. The average molecular weight is 499 g/mol. The van der Waals surface area contributed by atoms with E-state index < -0.39 is 11.0 Å². The first kappa shape index (κ1) is 21.6. The van der Waals surface area contributed by atoms with Crippen molar-refractivity contribution in [3.8, 4) is 5.75 Å². The summed E-state index contributed by atoms with van der Waals surface area (Å²) in [5.74, 6) is -0.344. The number of nitrogens with one attached hydrogen (secondary N) is 1. The second-order valence-electron chi connectivity index (χ2n) is 9.49. The Balaban J connectivity index is 1.44. The van der Waals surface area contributed by atoms with Crippen molar-refractivity contribution in [3.63, 3.8) is 0 Å². The third-order valence-corrected chi connectivity index (χ3v) is 8.26. The van der Waals surface area contributed by atoms with E-state index in [1.54, 1.807) is 6.07 Å². The van der Waals surface area contributed by atoms with E-state index in [2.05, 4.69) is 26.1 Å². The molecule has 3 aliphatic rings. The van der Waals surface area contributed by atoms with Crippen LogP contribution in [0.4, 0.5) is 0 Å². The fourth-order valence-corrected chi connectivity index (χ4v) is 6.49. The molecular weight excluding hydrogens is 472 g/mol. The first-order valence-corrected chi connectivity index (χ1v) is 11.9. The van der Waals surface area contributed by atoms with Crippen LogP contribution in [0.5, 0.6) is 5.75 Å². The number of likely N-dealkylation sites (tertiary alicyclic amines) is 1. The number of benzene rings is 2. The summed E-state index contributed by atoms with van der Waals surface area (Å²) in [6.45, 7) is 0.935. The van der Waals surface area contributed by atoms with Crippen LogP contribution in [-0.2, 0) is 23.1 Å². The van der Waals surface area contributed by atoms with Gasteiger partial charge in [-0.15, -0.1) is 0 Å².